The summed E-state index contributed by atoms with van der Waals surface area (Å²) >= 11 is 1.43. The first-order chi connectivity index (χ1) is 12.8. The third kappa shape index (κ3) is 4.62. The van der Waals surface area contributed by atoms with E-state index in [1.807, 2.05) is 4.68 Å². The SMILES string of the molecule is O=C(CSc1nnnn1C1CC1)NC1CC[NH+](Cc2ccccc2)CC1. The van der Waals surface area contributed by atoms with E-state index in [0.717, 1.165) is 50.5 Å². The summed E-state index contributed by atoms with van der Waals surface area (Å²) in [6.45, 7) is 3.28. The molecule has 2 heterocycles. The van der Waals surface area contributed by atoms with E-state index < -0.39 is 0 Å². The van der Waals surface area contributed by atoms with Crippen molar-refractivity contribution >= 4 is 17.7 Å². The van der Waals surface area contributed by atoms with Crippen molar-refractivity contribution in [3.63, 3.8) is 0 Å². The molecule has 2 fully saturated rings. The van der Waals surface area contributed by atoms with Crippen LogP contribution in [-0.2, 0) is 11.3 Å². The molecule has 1 aliphatic carbocycles. The molecule has 8 heteroatoms. The van der Waals surface area contributed by atoms with Gasteiger partial charge in [0.25, 0.3) is 0 Å². The fraction of sp³-hybridized carbons (Fsp3) is 0.556. The molecule has 1 aromatic carbocycles. The van der Waals surface area contributed by atoms with Crippen LogP contribution >= 0.6 is 11.8 Å². The molecule has 1 saturated carbocycles. The number of tetrazole rings is 1. The summed E-state index contributed by atoms with van der Waals surface area (Å²) in [5, 5.41) is 15.7. The van der Waals surface area contributed by atoms with Crippen LogP contribution in [0.5, 0.6) is 0 Å². The van der Waals surface area contributed by atoms with Crippen LogP contribution in [0.1, 0.15) is 37.3 Å². The fourth-order valence-electron chi connectivity index (χ4n) is 3.46. The van der Waals surface area contributed by atoms with Crippen molar-refractivity contribution in [1.29, 1.82) is 0 Å². The zero-order chi connectivity index (χ0) is 17.8. The minimum Gasteiger partial charge on any atom is -0.352 e. The molecule has 2 aromatic rings. The van der Waals surface area contributed by atoms with E-state index in [1.165, 1.54) is 17.3 Å². The highest BCUT2D eigenvalue weighted by molar-refractivity contribution is 7.99. The number of carbonyl (C=O) groups excluding carboxylic acids is 1. The van der Waals surface area contributed by atoms with Crippen molar-refractivity contribution in [1.82, 2.24) is 25.5 Å². The molecule has 0 spiro atoms. The van der Waals surface area contributed by atoms with E-state index in [2.05, 4.69) is 51.2 Å². The number of benzene rings is 1. The molecule has 1 amide bonds. The molecule has 1 aromatic heterocycles. The van der Waals surface area contributed by atoms with Gasteiger partial charge in [-0.2, -0.15) is 0 Å². The van der Waals surface area contributed by atoms with Crippen molar-refractivity contribution < 1.29 is 9.69 Å². The van der Waals surface area contributed by atoms with Gasteiger partial charge in [0.2, 0.25) is 11.1 Å². The first-order valence-electron chi connectivity index (χ1n) is 9.35. The van der Waals surface area contributed by atoms with E-state index in [0.29, 0.717) is 17.8 Å². The minimum absolute atomic E-state index is 0.0804. The molecule has 0 bridgehead atoms. The number of piperidine rings is 1. The van der Waals surface area contributed by atoms with Gasteiger partial charge in [-0.05, 0) is 23.3 Å². The van der Waals surface area contributed by atoms with Crippen molar-refractivity contribution in [2.45, 2.75) is 49.5 Å². The number of hydrogen-bond acceptors (Lipinski definition) is 5. The van der Waals surface area contributed by atoms with Crippen LogP contribution in [0.15, 0.2) is 35.5 Å². The van der Waals surface area contributed by atoms with Crippen LogP contribution in [0.3, 0.4) is 0 Å². The summed E-state index contributed by atoms with van der Waals surface area (Å²) in [6, 6.07) is 11.4. The number of thioether (sulfide) groups is 1. The number of quaternary nitrogens is 1. The normalized spacial score (nSPS) is 22.9. The lowest BCUT2D eigenvalue weighted by Crippen LogP contribution is -3.12. The number of amides is 1. The molecular weight excluding hydrogens is 348 g/mol. The highest BCUT2D eigenvalue weighted by atomic mass is 32.2. The van der Waals surface area contributed by atoms with Gasteiger partial charge in [-0.25, -0.2) is 4.68 Å². The Morgan fingerprint density at radius 2 is 1.96 bits per heavy atom. The summed E-state index contributed by atoms with van der Waals surface area (Å²) in [5.74, 6) is 0.460. The summed E-state index contributed by atoms with van der Waals surface area (Å²) in [7, 11) is 0. The minimum atomic E-state index is 0.0804. The molecule has 138 valence electrons. The van der Waals surface area contributed by atoms with E-state index in [9.17, 15) is 4.79 Å². The molecule has 4 rings (SSSR count). The van der Waals surface area contributed by atoms with Gasteiger partial charge in [0.05, 0.1) is 24.9 Å². The molecule has 2 N–H and O–H groups in total. The molecule has 2 aliphatic rings. The van der Waals surface area contributed by atoms with E-state index >= 15 is 0 Å². The molecule has 26 heavy (non-hydrogen) atoms. The second kappa shape index (κ2) is 8.18. The number of rotatable bonds is 7. The maximum absolute atomic E-state index is 12.3. The van der Waals surface area contributed by atoms with Crippen molar-refractivity contribution in [3.05, 3.63) is 35.9 Å². The number of nitrogens with one attached hydrogen (secondary N) is 2. The summed E-state index contributed by atoms with van der Waals surface area (Å²) in [5.41, 5.74) is 1.38. The van der Waals surface area contributed by atoms with Crippen molar-refractivity contribution in [3.8, 4) is 0 Å². The van der Waals surface area contributed by atoms with Crippen molar-refractivity contribution in [2.24, 2.45) is 0 Å². The molecule has 7 nitrogen and oxygen atoms in total. The Balaban J connectivity index is 1.18. The van der Waals surface area contributed by atoms with Gasteiger partial charge in [0.1, 0.15) is 6.54 Å². The highest BCUT2D eigenvalue weighted by Gasteiger charge is 2.28. The average molecular weight is 374 g/mol. The number of carbonyl (C=O) groups is 1. The Morgan fingerprint density at radius 3 is 2.69 bits per heavy atom. The second-order valence-corrected chi connectivity index (χ2v) is 8.12. The fourth-order valence-corrected chi connectivity index (χ4v) is 4.22. The molecular formula is C18H25N6OS+. The van der Waals surface area contributed by atoms with Crippen molar-refractivity contribution in [2.75, 3.05) is 18.8 Å². The Kier molecular flexibility index (Phi) is 5.50. The largest absolute Gasteiger partial charge is 0.352 e. The van der Waals surface area contributed by atoms with Crippen LogP contribution in [0, 0.1) is 0 Å². The van der Waals surface area contributed by atoms with Crippen LogP contribution in [0.25, 0.3) is 0 Å². The predicted octanol–water partition coefficient (Wildman–Crippen LogP) is 0.464. The molecule has 0 atom stereocenters. The lowest BCUT2D eigenvalue weighted by Gasteiger charge is -2.29. The Bertz CT molecular complexity index is 724. The van der Waals surface area contributed by atoms with Crippen LogP contribution in [-0.4, -0.2) is 51.0 Å². The van der Waals surface area contributed by atoms with Crippen LogP contribution in [0.4, 0.5) is 0 Å². The maximum Gasteiger partial charge on any atom is 0.230 e. The maximum atomic E-state index is 12.3. The van der Waals surface area contributed by atoms with Crippen LogP contribution < -0.4 is 10.2 Å². The third-order valence-corrected chi connectivity index (χ3v) is 5.98. The third-order valence-electron chi connectivity index (χ3n) is 5.04. The lowest BCUT2D eigenvalue weighted by atomic mass is 10.0. The highest BCUT2D eigenvalue weighted by Crippen LogP contribution is 2.36. The van der Waals surface area contributed by atoms with E-state index in [4.69, 9.17) is 0 Å². The van der Waals surface area contributed by atoms with Gasteiger partial charge in [-0.3, -0.25) is 4.79 Å². The van der Waals surface area contributed by atoms with E-state index in [1.54, 1.807) is 4.90 Å². The summed E-state index contributed by atoms with van der Waals surface area (Å²) in [4.78, 5) is 13.9. The Hall–Kier alpha value is -1.93. The molecule has 0 radical (unpaired) electrons. The summed E-state index contributed by atoms with van der Waals surface area (Å²) < 4.78 is 1.85. The van der Waals surface area contributed by atoms with Gasteiger partial charge in [0, 0.05) is 24.4 Å². The first-order valence-corrected chi connectivity index (χ1v) is 10.3. The molecule has 1 aliphatic heterocycles. The van der Waals surface area contributed by atoms with E-state index in [-0.39, 0.29) is 5.91 Å². The van der Waals surface area contributed by atoms with Gasteiger partial charge in [-0.15, -0.1) is 5.10 Å². The standard InChI is InChI=1S/C18H24N6OS/c25-17(13-26-18-20-21-22-24(18)16-6-7-16)19-15-8-10-23(11-9-15)12-14-4-2-1-3-5-14/h1-5,15-16H,6-13H2,(H,19,25)/p+1. The number of aromatic nitrogens is 4. The lowest BCUT2D eigenvalue weighted by molar-refractivity contribution is -0.918. The quantitative estimate of drug-likeness (QED) is 0.690. The van der Waals surface area contributed by atoms with Gasteiger partial charge < -0.3 is 10.2 Å². The monoisotopic (exact) mass is 373 g/mol. The Labute approximate surface area is 157 Å². The zero-order valence-corrected chi connectivity index (χ0v) is 15.6. The molecule has 1 saturated heterocycles. The number of nitrogens with zero attached hydrogens (tertiary/aromatic N) is 4. The first kappa shape index (κ1) is 17.5. The topological polar surface area (TPSA) is 77.1 Å². The van der Waals surface area contributed by atoms with Gasteiger partial charge in [0.15, 0.2) is 0 Å². The number of likely N-dealkylation sites (tertiary alicyclic amines) is 1. The summed E-state index contributed by atoms with van der Waals surface area (Å²) in [6.07, 6.45) is 4.35. The predicted molar refractivity (Wildman–Crippen MR) is 98.8 cm³/mol. The Morgan fingerprint density at radius 1 is 1.19 bits per heavy atom. The second-order valence-electron chi connectivity index (χ2n) is 7.18. The van der Waals surface area contributed by atoms with Crippen LogP contribution in [0.2, 0.25) is 0 Å². The molecule has 0 unspecified atom stereocenters. The number of hydrogen-bond donors (Lipinski definition) is 2. The van der Waals surface area contributed by atoms with Gasteiger partial charge in [-0.1, -0.05) is 42.1 Å². The van der Waals surface area contributed by atoms with Gasteiger partial charge >= 0.3 is 0 Å². The zero-order valence-electron chi connectivity index (χ0n) is 14.8. The average Bonchev–Trinajstić information content (AvgIpc) is 3.40. The smallest absolute Gasteiger partial charge is 0.230 e.